The molecular formula is C19H40O8SSi2. The summed E-state index contributed by atoms with van der Waals surface area (Å²) in [5.74, 6) is -0.153. The lowest BCUT2D eigenvalue weighted by molar-refractivity contribution is -0.145. The van der Waals surface area contributed by atoms with E-state index in [4.69, 9.17) is 31.3 Å². The van der Waals surface area contributed by atoms with Crippen molar-refractivity contribution in [3.05, 3.63) is 0 Å². The number of hydrogen-bond donors (Lipinski definition) is 0. The van der Waals surface area contributed by atoms with Gasteiger partial charge < -0.3 is 31.3 Å². The molecule has 30 heavy (non-hydrogen) atoms. The van der Waals surface area contributed by atoms with Crippen molar-refractivity contribution in [3.63, 3.8) is 0 Å². The molecule has 1 aliphatic rings. The van der Waals surface area contributed by atoms with Crippen LogP contribution in [0.4, 0.5) is 0 Å². The second kappa shape index (κ2) is 13.5. The molecule has 0 N–H and O–H groups in total. The Bertz CT molecular complexity index is 484. The Hall–Kier alpha value is 0.0138. The van der Waals surface area contributed by atoms with E-state index >= 15 is 0 Å². The van der Waals surface area contributed by atoms with Crippen LogP contribution in [-0.2, 0) is 36.1 Å². The molecule has 0 aromatic carbocycles. The standard InChI is InChI=1S/C19H40O8SSi2/c1-8-25-30(26-9-2,27-10-3)15-11-13-17-19(4,28-17)18(20)24-14-12-16-29(21-5,22-6)23-7/h17H,8-16H2,1-7H3. The molecule has 0 bridgehead atoms. The van der Waals surface area contributed by atoms with Gasteiger partial charge in [0.05, 0.1) is 6.61 Å². The molecule has 2 atom stereocenters. The molecule has 11 heteroatoms. The van der Waals surface area contributed by atoms with Crippen LogP contribution in [0.25, 0.3) is 0 Å². The first kappa shape index (κ1) is 28.0. The lowest BCUT2D eigenvalue weighted by Gasteiger charge is -2.28. The molecule has 2 unspecified atom stereocenters. The summed E-state index contributed by atoms with van der Waals surface area (Å²) >= 11 is 1.67. The Morgan fingerprint density at radius 1 is 0.867 bits per heavy atom. The van der Waals surface area contributed by atoms with Gasteiger partial charge in [0.1, 0.15) is 4.75 Å². The number of rotatable bonds is 18. The lowest BCUT2D eigenvalue weighted by Crippen LogP contribution is -2.46. The fourth-order valence-corrected chi connectivity index (χ4v) is 8.94. The minimum Gasteiger partial charge on any atom is -0.465 e. The predicted molar refractivity (Wildman–Crippen MR) is 122 cm³/mol. The summed E-state index contributed by atoms with van der Waals surface area (Å²) in [5, 5.41) is 0.256. The minimum atomic E-state index is -2.62. The van der Waals surface area contributed by atoms with Crippen LogP contribution >= 0.6 is 11.8 Å². The fourth-order valence-electron chi connectivity index (χ4n) is 3.43. The van der Waals surface area contributed by atoms with Crippen LogP contribution in [0.5, 0.6) is 0 Å². The van der Waals surface area contributed by atoms with E-state index < -0.39 is 22.4 Å². The molecule has 1 heterocycles. The molecular weight excluding hydrogens is 444 g/mol. The molecule has 1 saturated heterocycles. The van der Waals surface area contributed by atoms with Gasteiger partial charge in [-0.25, -0.2) is 0 Å². The van der Waals surface area contributed by atoms with Crippen LogP contribution in [-0.4, -0.2) is 81.3 Å². The van der Waals surface area contributed by atoms with Crippen LogP contribution in [0.15, 0.2) is 0 Å². The van der Waals surface area contributed by atoms with E-state index in [1.807, 2.05) is 27.7 Å². The number of ether oxygens (including phenoxy) is 1. The fraction of sp³-hybridized carbons (Fsp3) is 0.947. The SMILES string of the molecule is CCO[Si](CCCC1SC1(C)C(=O)OCCC[Si](OC)(OC)OC)(OCC)OCC. The number of hydrogen-bond acceptors (Lipinski definition) is 9. The normalized spacial score (nSPS) is 21.6. The summed E-state index contributed by atoms with van der Waals surface area (Å²) in [6, 6.07) is 1.37. The number of esters is 1. The highest BCUT2D eigenvalue weighted by atomic mass is 32.2. The van der Waals surface area contributed by atoms with E-state index in [2.05, 4.69) is 0 Å². The Labute approximate surface area is 188 Å². The zero-order chi connectivity index (χ0) is 22.7. The zero-order valence-electron chi connectivity index (χ0n) is 19.6. The summed E-state index contributed by atoms with van der Waals surface area (Å²) < 4.78 is 38.9. The Morgan fingerprint density at radius 3 is 1.83 bits per heavy atom. The summed E-state index contributed by atoms with van der Waals surface area (Å²) in [6.07, 6.45) is 2.45. The first-order chi connectivity index (χ1) is 14.3. The molecule has 0 aromatic rings. The highest BCUT2D eigenvalue weighted by molar-refractivity contribution is 8.09. The van der Waals surface area contributed by atoms with Gasteiger partial charge in [0.25, 0.3) is 0 Å². The smallest absolute Gasteiger partial charge is 0.465 e. The molecule has 0 aromatic heterocycles. The van der Waals surface area contributed by atoms with Gasteiger partial charge in [-0.05, 0) is 47.0 Å². The third kappa shape index (κ3) is 7.86. The highest BCUT2D eigenvalue weighted by Crippen LogP contribution is 2.56. The first-order valence-electron chi connectivity index (χ1n) is 10.7. The first-order valence-corrected chi connectivity index (χ1v) is 15.5. The third-order valence-corrected chi connectivity index (χ3v) is 12.8. The minimum absolute atomic E-state index is 0.153. The van der Waals surface area contributed by atoms with Crippen molar-refractivity contribution in [3.8, 4) is 0 Å². The number of carbonyl (C=O) groups is 1. The quantitative estimate of drug-likeness (QED) is 0.126. The van der Waals surface area contributed by atoms with Crippen molar-refractivity contribution in [2.45, 2.75) is 69.0 Å². The number of carbonyl (C=O) groups excluding carboxylic acids is 1. The van der Waals surface area contributed by atoms with Crippen LogP contribution in [0, 0.1) is 0 Å². The van der Waals surface area contributed by atoms with Crippen molar-refractivity contribution in [1.82, 2.24) is 0 Å². The van der Waals surface area contributed by atoms with Crippen LogP contribution in [0.1, 0.15) is 47.0 Å². The second-order valence-electron chi connectivity index (χ2n) is 7.12. The number of thioether (sulfide) groups is 1. The Balaban J connectivity index is 2.40. The highest BCUT2D eigenvalue weighted by Gasteiger charge is 2.58. The van der Waals surface area contributed by atoms with Gasteiger partial charge in [0.2, 0.25) is 0 Å². The van der Waals surface area contributed by atoms with Crippen molar-refractivity contribution < 1.29 is 36.1 Å². The van der Waals surface area contributed by atoms with Gasteiger partial charge in [-0.2, -0.15) is 0 Å². The second-order valence-corrected chi connectivity index (χ2v) is 14.6. The Morgan fingerprint density at radius 2 is 1.37 bits per heavy atom. The zero-order valence-corrected chi connectivity index (χ0v) is 22.4. The molecule has 1 fully saturated rings. The van der Waals surface area contributed by atoms with E-state index in [1.165, 1.54) is 0 Å². The summed E-state index contributed by atoms with van der Waals surface area (Å²) in [6.45, 7) is 9.91. The monoisotopic (exact) mass is 484 g/mol. The molecule has 0 radical (unpaired) electrons. The van der Waals surface area contributed by atoms with E-state index in [0.29, 0.717) is 38.9 Å². The van der Waals surface area contributed by atoms with Crippen molar-refractivity contribution in [2.75, 3.05) is 47.8 Å². The average molecular weight is 485 g/mol. The van der Waals surface area contributed by atoms with E-state index in [9.17, 15) is 4.79 Å². The van der Waals surface area contributed by atoms with Gasteiger partial charge in [-0.3, -0.25) is 4.79 Å². The molecule has 1 rings (SSSR count). The topological polar surface area (TPSA) is 81.7 Å². The van der Waals surface area contributed by atoms with Crippen LogP contribution < -0.4 is 0 Å². The van der Waals surface area contributed by atoms with E-state index in [-0.39, 0.29) is 11.2 Å². The molecule has 0 amide bonds. The van der Waals surface area contributed by atoms with Gasteiger partial charge in [-0.15, -0.1) is 11.8 Å². The molecule has 8 nitrogen and oxygen atoms in total. The van der Waals surface area contributed by atoms with Gasteiger partial charge in [0, 0.05) is 58.5 Å². The summed E-state index contributed by atoms with van der Waals surface area (Å²) in [4.78, 5) is 12.5. The van der Waals surface area contributed by atoms with Crippen molar-refractivity contribution in [2.24, 2.45) is 0 Å². The summed E-state index contributed by atoms with van der Waals surface area (Å²) in [7, 11) is -0.494. The lowest BCUT2D eigenvalue weighted by atomic mass is 10.1. The van der Waals surface area contributed by atoms with E-state index in [0.717, 1.165) is 18.9 Å². The maximum absolute atomic E-state index is 12.5. The molecule has 0 aliphatic carbocycles. The average Bonchev–Trinajstić information content (AvgIpc) is 3.40. The van der Waals surface area contributed by atoms with Gasteiger partial charge in [-0.1, -0.05) is 0 Å². The predicted octanol–water partition coefficient (Wildman–Crippen LogP) is 3.50. The third-order valence-electron chi connectivity index (χ3n) is 5.19. The molecule has 178 valence electrons. The maximum atomic E-state index is 12.5. The molecule has 0 saturated carbocycles. The molecule has 0 spiro atoms. The van der Waals surface area contributed by atoms with Crippen molar-refractivity contribution >= 4 is 35.3 Å². The Kier molecular flexibility index (Phi) is 12.7. The van der Waals surface area contributed by atoms with Crippen molar-refractivity contribution in [1.29, 1.82) is 0 Å². The summed E-state index contributed by atoms with van der Waals surface area (Å²) in [5.41, 5.74) is 0. The largest absolute Gasteiger partial charge is 0.500 e. The van der Waals surface area contributed by atoms with Crippen LogP contribution in [0.2, 0.25) is 12.1 Å². The molecule has 1 aliphatic heterocycles. The van der Waals surface area contributed by atoms with Gasteiger partial charge >= 0.3 is 23.6 Å². The van der Waals surface area contributed by atoms with Crippen LogP contribution in [0.3, 0.4) is 0 Å². The maximum Gasteiger partial charge on any atom is 0.500 e. The van der Waals surface area contributed by atoms with Gasteiger partial charge in [0.15, 0.2) is 0 Å². The van der Waals surface area contributed by atoms with E-state index in [1.54, 1.807) is 33.1 Å².